The fourth-order valence-electron chi connectivity index (χ4n) is 6.98. The van der Waals surface area contributed by atoms with Crippen LogP contribution >= 0.6 is 0 Å². The highest BCUT2D eigenvalue weighted by Crippen LogP contribution is 2.20. The average molecular weight is 709 g/mol. The Labute approximate surface area is 315 Å². The lowest BCUT2D eigenvalue weighted by atomic mass is 10.0. The summed E-state index contributed by atoms with van der Waals surface area (Å²) < 4.78 is 0. The van der Waals surface area contributed by atoms with E-state index in [4.69, 9.17) is 0 Å². The molecule has 0 aliphatic carbocycles. The summed E-state index contributed by atoms with van der Waals surface area (Å²) in [7, 11) is -4.25. The van der Waals surface area contributed by atoms with Crippen LogP contribution in [0.25, 0.3) is 12.2 Å². The molecule has 0 atom stereocenters. The molecule has 0 amide bonds. The predicted octanol–water partition coefficient (Wildman–Crippen LogP) is 10.5. The molecule has 0 heterocycles. The second kappa shape index (κ2) is 18.3. The molecule has 0 spiro atoms. The van der Waals surface area contributed by atoms with Crippen molar-refractivity contribution in [2.45, 2.75) is 41.5 Å². The van der Waals surface area contributed by atoms with Crippen LogP contribution in [-0.2, 0) is 0 Å². The van der Waals surface area contributed by atoms with Crippen LogP contribution in [0.2, 0.25) is 0 Å². The van der Waals surface area contributed by atoms with Crippen LogP contribution in [0.15, 0.2) is 193 Å². The van der Waals surface area contributed by atoms with Crippen molar-refractivity contribution in [3.63, 3.8) is 0 Å². The van der Waals surface area contributed by atoms with Gasteiger partial charge in [0.1, 0.15) is 0 Å². The van der Waals surface area contributed by atoms with Crippen molar-refractivity contribution in [2.24, 2.45) is 0 Å². The molecule has 0 aliphatic rings. The first-order valence-electron chi connectivity index (χ1n) is 18.3. The molecule has 0 N–H and O–H groups in total. The number of hydrogen-bond donors (Lipinski definition) is 0. The van der Waals surface area contributed by atoms with Crippen LogP contribution in [-0.4, -0.2) is 16.1 Å². The first-order valence-corrected chi connectivity index (χ1v) is 22.6. The summed E-state index contributed by atoms with van der Waals surface area (Å²) in [6.45, 7) is 13.0. The zero-order valence-electron chi connectivity index (χ0n) is 31.6. The molecule has 0 bridgehead atoms. The topological polar surface area (TPSA) is 0 Å². The Morgan fingerprint density at radius 2 is 0.769 bits per heavy atom. The third-order valence-electron chi connectivity index (χ3n) is 9.85. The number of allylic oxidation sites excluding steroid dienone is 2. The van der Waals surface area contributed by atoms with E-state index in [1.807, 2.05) is 0 Å². The highest BCUT2D eigenvalue weighted by Gasteiger charge is 2.32. The Morgan fingerprint density at radius 1 is 0.365 bits per heavy atom. The smallest absolute Gasteiger partial charge is 0.0945 e. The normalized spacial score (nSPS) is 12.1. The summed E-state index contributed by atoms with van der Waals surface area (Å²) in [5.41, 5.74) is 17.7. The van der Waals surface area contributed by atoms with Gasteiger partial charge in [0.15, 0.2) is 16.1 Å². The van der Waals surface area contributed by atoms with Crippen molar-refractivity contribution in [1.29, 1.82) is 0 Å². The van der Waals surface area contributed by atoms with Crippen LogP contribution in [0.3, 0.4) is 0 Å². The van der Waals surface area contributed by atoms with Crippen LogP contribution < -0.4 is 20.7 Å². The molecule has 52 heavy (non-hydrogen) atoms. The van der Waals surface area contributed by atoms with E-state index in [2.05, 4.69) is 246 Å². The van der Waals surface area contributed by atoms with Crippen molar-refractivity contribution in [3.8, 4) is 0 Å². The molecule has 6 rings (SSSR count). The quantitative estimate of drug-likeness (QED) is 0.124. The lowest BCUT2D eigenvalue weighted by Crippen LogP contribution is -2.55. The lowest BCUT2D eigenvalue weighted by Gasteiger charge is -2.26. The van der Waals surface area contributed by atoms with Crippen LogP contribution in [0.1, 0.15) is 47.2 Å². The van der Waals surface area contributed by atoms with E-state index in [0.29, 0.717) is 0 Å². The van der Waals surface area contributed by atoms with E-state index < -0.39 is 16.1 Å². The molecule has 0 nitrogen and oxygen atoms in total. The maximum absolute atomic E-state index is 2.48. The fourth-order valence-corrected chi connectivity index (χ4v) is 14.3. The summed E-state index contributed by atoms with van der Waals surface area (Å²) >= 11 is 0. The molecule has 260 valence electrons. The second-order valence-electron chi connectivity index (χ2n) is 13.6. The molecule has 0 aromatic heterocycles. The molecule has 0 saturated carbocycles. The Bertz CT molecular complexity index is 2040. The Balaban J connectivity index is 0.000000202. The van der Waals surface area contributed by atoms with Gasteiger partial charge in [-0.25, -0.2) is 0 Å². The number of hydrogen-bond acceptors (Lipinski definition) is 0. The number of aryl methyl sites for hydroxylation is 4. The molecular weight excluding hydrogens is 657 g/mol. The minimum Gasteiger partial charge on any atom is -0.0945 e. The SMILES string of the molecule is CC=C[Si](C=Cc1cc(C)c(C)cc1C)(c1ccccc1)c1ccccc1.CC=C[Si](C=Cc1cccc(C)c1)(c1ccccc1)c1ccccc1. The molecule has 6 aromatic carbocycles. The minimum atomic E-state index is -2.15. The van der Waals surface area contributed by atoms with Crippen LogP contribution in [0, 0.1) is 27.7 Å². The maximum Gasteiger partial charge on any atom is 0.164 e. The van der Waals surface area contributed by atoms with Crippen LogP contribution in [0.5, 0.6) is 0 Å². The van der Waals surface area contributed by atoms with Gasteiger partial charge in [0, 0.05) is 0 Å². The lowest BCUT2D eigenvalue weighted by molar-refractivity contribution is 1.29. The number of rotatable bonds is 10. The standard InChI is InChI=1S/C26H28Si.C24H24Si/c1-5-17-27(25-12-8-6-9-13-25,26-14-10-7-11-15-26)18-16-24-20-22(3)21(2)19-23(24)4;1-3-18-25(23-13-6-4-7-14-23,24-15-8-5-9-16-24)19-17-22-12-10-11-21(2)20-22/h5-20H,1-4H3;3-20H,1-2H3. The molecule has 0 saturated heterocycles. The van der Waals surface area contributed by atoms with Crippen molar-refractivity contribution in [2.75, 3.05) is 0 Å². The Hall–Kier alpha value is -5.29. The van der Waals surface area contributed by atoms with E-state index in [9.17, 15) is 0 Å². The molecule has 0 fully saturated rings. The molecular formula is C50H52Si2. The number of benzene rings is 6. The molecule has 0 aliphatic heterocycles. The molecule has 6 aromatic rings. The van der Waals surface area contributed by atoms with Gasteiger partial charge in [0.25, 0.3) is 0 Å². The van der Waals surface area contributed by atoms with Crippen LogP contribution in [0.4, 0.5) is 0 Å². The summed E-state index contributed by atoms with van der Waals surface area (Å²) in [6.07, 6.45) is 9.05. The van der Waals surface area contributed by atoms with Crippen molar-refractivity contribution in [1.82, 2.24) is 0 Å². The molecule has 0 radical (unpaired) electrons. The van der Waals surface area contributed by atoms with Gasteiger partial charge >= 0.3 is 0 Å². The zero-order valence-corrected chi connectivity index (χ0v) is 33.6. The van der Waals surface area contributed by atoms with E-state index >= 15 is 0 Å². The molecule has 2 heteroatoms. The summed E-state index contributed by atoms with van der Waals surface area (Å²) in [6, 6.07) is 57.0. The zero-order chi connectivity index (χ0) is 36.8. The van der Waals surface area contributed by atoms with Crippen molar-refractivity contribution in [3.05, 3.63) is 226 Å². The fraction of sp³-hybridized carbons (Fsp3) is 0.120. The monoisotopic (exact) mass is 708 g/mol. The van der Waals surface area contributed by atoms with Gasteiger partial charge in [-0.2, -0.15) is 0 Å². The Kier molecular flexibility index (Phi) is 13.3. The van der Waals surface area contributed by atoms with Crippen molar-refractivity contribution >= 4 is 49.0 Å². The van der Waals surface area contributed by atoms with E-state index in [0.717, 1.165) is 0 Å². The van der Waals surface area contributed by atoms with E-state index in [1.54, 1.807) is 0 Å². The predicted molar refractivity (Wildman–Crippen MR) is 235 cm³/mol. The van der Waals surface area contributed by atoms with E-state index in [1.165, 1.54) is 54.1 Å². The third kappa shape index (κ3) is 9.13. The maximum atomic E-state index is 2.48. The van der Waals surface area contributed by atoms with Gasteiger partial charge in [-0.05, 0) is 90.1 Å². The third-order valence-corrected chi connectivity index (χ3v) is 18.1. The first kappa shape index (κ1) is 38.0. The summed E-state index contributed by atoms with van der Waals surface area (Å²) in [5, 5.41) is 5.63. The van der Waals surface area contributed by atoms with Gasteiger partial charge in [0.05, 0.1) is 0 Å². The average Bonchev–Trinajstić information content (AvgIpc) is 3.18. The van der Waals surface area contributed by atoms with Gasteiger partial charge < -0.3 is 0 Å². The summed E-state index contributed by atoms with van der Waals surface area (Å²) in [4.78, 5) is 0. The molecule has 0 unspecified atom stereocenters. The first-order chi connectivity index (χ1) is 25.3. The summed E-state index contributed by atoms with van der Waals surface area (Å²) in [5.74, 6) is 0. The highest BCUT2D eigenvalue weighted by molar-refractivity contribution is 7.10. The van der Waals surface area contributed by atoms with Gasteiger partial charge in [0.2, 0.25) is 0 Å². The van der Waals surface area contributed by atoms with Crippen molar-refractivity contribution < 1.29 is 0 Å². The largest absolute Gasteiger partial charge is 0.164 e. The van der Waals surface area contributed by atoms with Gasteiger partial charge in [-0.3, -0.25) is 0 Å². The van der Waals surface area contributed by atoms with Gasteiger partial charge in [-0.1, -0.05) is 210 Å². The van der Waals surface area contributed by atoms with Gasteiger partial charge in [-0.15, -0.1) is 0 Å². The van der Waals surface area contributed by atoms with E-state index in [-0.39, 0.29) is 0 Å². The Morgan fingerprint density at radius 3 is 1.17 bits per heavy atom. The minimum absolute atomic E-state index is 1.26. The second-order valence-corrected chi connectivity index (χ2v) is 20.7. The highest BCUT2D eigenvalue weighted by atomic mass is 28.3.